The van der Waals surface area contributed by atoms with E-state index in [2.05, 4.69) is 5.32 Å². The fourth-order valence-corrected chi connectivity index (χ4v) is 2.24. The first-order valence-electron chi connectivity index (χ1n) is 7.53. The van der Waals surface area contributed by atoms with Gasteiger partial charge < -0.3 is 10.1 Å². The molecular weight excluding hydrogens is 290 g/mol. The van der Waals surface area contributed by atoms with E-state index >= 15 is 0 Å². The van der Waals surface area contributed by atoms with Crippen LogP contribution in [-0.2, 0) is 9.53 Å². The number of ether oxygens (including phenoxy) is 1. The Labute approximate surface area is 136 Å². The first-order valence-corrected chi connectivity index (χ1v) is 7.53. The molecule has 0 saturated heterocycles. The maximum Gasteiger partial charge on any atom is 0.338 e. The molecule has 1 amide bonds. The van der Waals surface area contributed by atoms with Gasteiger partial charge in [-0.25, -0.2) is 4.79 Å². The second-order valence-electron chi connectivity index (χ2n) is 5.71. The number of carbonyl (C=O) groups is 2. The SMILES string of the molecule is COC(=O)c1cc(-c2ccccc2NC(=O)C(C)C)ccc1C. The summed E-state index contributed by atoms with van der Waals surface area (Å²) in [5.74, 6) is -0.516. The van der Waals surface area contributed by atoms with Crippen molar-refractivity contribution in [1.29, 1.82) is 0 Å². The van der Waals surface area contributed by atoms with Crippen molar-refractivity contribution >= 4 is 17.6 Å². The molecule has 0 heterocycles. The lowest BCUT2D eigenvalue weighted by atomic mass is 9.98. The summed E-state index contributed by atoms with van der Waals surface area (Å²) in [6.45, 7) is 5.56. The van der Waals surface area contributed by atoms with Crippen molar-refractivity contribution in [2.75, 3.05) is 12.4 Å². The van der Waals surface area contributed by atoms with E-state index in [0.29, 0.717) is 5.56 Å². The molecule has 1 N–H and O–H groups in total. The monoisotopic (exact) mass is 311 g/mol. The van der Waals surface area contributed by atoms with Crippen molar-refractivity contribution in [2.24, 2.45) is 5.92 Å². The average molecular weight is 311 g/mol. The number of carbonyl (C=O) groups excluding carboxylic acids is 2. The van der Waals surface area contributed by atoms with Crippen LogP contribution in [0.5, 0.6) is 0 Å². The number of hydrogen-bond donors (Lipinski definition) is 1. The third-order valence-corrected chi connectivity index (χ3v) is 3.66. The van der Waals surface area contributed by atoms with Gasteiger partial charge in [-0.3, -0.25) is 4.79 Å². The molecule has 0 unspecified atom stereocenters. The molecule has 2 aromatic rings. The molecule has 23 heavy (non-hydrogen) atoms. The molecule has 2 aromatic carbocycles. The molecule has 0 bridgehead atoms. The summed E-state index contributed by atoms with van der Waals surface area (Å²) in [6, 6.07) is 13.1. The van der Waals surface area contributed by atoms with Gasteiger partial charge in [0.1, 0.15) is 0 Å². The summed E-state index contributed by atoms with van der Waals surface area (Å²) >= 11 is 0. The molecule has 0 spiro atoms. The minimum atomic E-state index is -0.368. The van der Waals surface area contributed by atoms with Crippen LogP contribution in [0.2, 0.25) is 0 Å². The van der Waals surface area contributed by atoms with Gasteiger partial charge in [0.05, 0.1) is 12.7 Å². The standard InChI is InChI=1S/C19H21NO3/c1-12(2)18(21)20-17-8-6-5-7-15(17)14-10-9-13(3)16(11-14)19(22)23-4/h5-12H,1-4H3,(H,20,21). The normalized spacial score (nSPS) is 10.5. The molecular formula is C19H21NO3. The molecule has 4 heteroatoms. The van der Waals surface area contributed by atoms with Gasteiger partial charge in [0, 0.05) is 17.2 Å². The minimum Gasteiger partial charge on any atom is -0.465 e. The number of esters is 1. The molecule has 0 atom stereocenters. The topological polar surface area (TPSA) is 55.4 Å². The highest BCUT2D eigenvalue weighted by Gasteiger charge is 2.14. The van der Waals surface area contributed by atoms with Crippen molar-refractivity contribution in [3.05, 3.63) is 53.6 Å². The molecule has 0 aliphatic rings. The predicted octanol–water partition coefficient (Wildman–Crippen LogP) is 4.04. The second-order valence-corrected chi connectivity index (χ2v) is 5.71. The Morgan fingerprint density at radius 1 is 1.09 bits per heavy atom. The quantitative estimate of drug-likeness (QED) is 0.867. The summed E-state index contributed by atoms with van der Waals surface area (Å²) in [5.41, 5.74) is 3.83. The van der Waals surface area contributed by atoms with Crippen LogP contribution in [0.4, 0.5) is 5.69 Å². The second kappa shape index (κ2) is 7.09. The molecule has 0 radical (unpaired) electrons. The highest BCUT2D eigenvalue weighted by atomic mass is 16.5. The van der Waals surface area contributed by atoms with Crippen LogP contribution in [0, 0.1) is 12.8 Å². The zero-order valence-electron chi connectivity index (χ0n) is 13.8. The summed E-state index contributed by atoms with van der Waals surface area (Å²) in [7, 11) is 1.37. The highest BCUT2D eigenvalue weighted by Crippen LogP contribution is 2.30. The summed E-state index contributed by atoms with van der Waals surface area (Å²) in [4.78, 5) is 23.9. The Morgan fingerprint density at radius 3 is 2.43 bits per heavy atom. The first kappa shape index (κ1) is 16.7. The summed E-state index contributed by atoms with van der Waals surface area (Å²) in [5, 5.41) is 2.93. The van der Waals surface area contributed by atoms with Crippen LogP contribution < -0.4 is 5.32 Å². The van der Waals surface area contributed by atoms with Gasteiger partial charge in [-0.05, 0) is 30.2 Å². The van der Waals surface area contributed by atoms with Gasteiger partial charge in [-0.2, -0.15) is 0 Å². The van der Waals surface area contributed by atoms with E-state index in [-0.39, 0.29) is 17.8 Å². The lowest BCUT2D eigenvalue weighted by molar-refractivity contribution is -0.118. The van der Waals surface area contributed by atoms with Crippen LogP contribution in [-0.4, -0.2) is 19.0 Å². The van der Waals surface area contributed by atoms with E-state index in [4.69, 9.17) is 4.74 Å². The van der Waals surface area contributed by atoms with Crippen molar-refractivity contribution < 1.29 is 14.3 Å². The van der Waals surface area contributed by atoms with E-state index in [1.165, 1.54) is 7.11 Å². The molecule has 0 aliphatic carbocycles. The molecule has 4 nitrogen and oxygen atoms in total. The minimum absolute atomic E-state index is 0.0437. The Bertz CT molecular complexity index is 735. The number of nitrogens with one attached hydrogen (secondary N) is 1. The Hall–Kier alpha value is -2.62. The van der Waals surface area contributed by atoms with Crippen LogP contribution >= 0.6 is 0 Å². The number of amides is 1. The molecule has 0 saturated carbocycles. The van der Waals surface area contributed by atoms with E-state index in [1.807, 2.05) is 57.2 Å². The van der Waals surface area contributed by atoms with Gasteiger partial charge in [0.25, 0.3) is 0 Å². The van der Waals surface area contributed by atoms with E-state index in [9.17, 15) is 9.59 Å². The van der Waals surface area contributed by atoms with E-state index in [0.717, 1.165) is 22.4 Å². The number of aryl methyl sites for hydroxylation is 1. The van der Waals surface area contributed by atoms with Crippen molar-refractivity contribution in [2.45, 2.75) is 20.8 Å². The molecule has 0 fully saturated rings. The Kier molecular flexibility index (Phi) is 5.16. The van der Waals surface area contributed by atoms with Gasteiger partial charge in [0.2, 0.25) is 5.91 Å². The summed E-state index contributed by atoms with van der Waals surface area (Å²) in [6.07, 6.45) is 0. The number of anilines is 1. The molecule has 0 aromatic heterocycles. The lowest BCUT2D eigenvalue weighted by Crippen LogP contribution is -2.18. The third kappa shape index (κ3) is 3.77. The van der Waals surface area contributed by atoms with Crippen molar-refractivity contribution in [3.63, 3.8) is 0 Å². The highest BCUT2D eigenvalue weighted by molar-refractivity contribution is 5.98. The van der Waals surface area contributed by atoms with Gasteiger partial charge in [-0.15, -0.1) is 0 Å². The number of benzene rings is 2. The van der Waals surface area contributed by atoms with Gasteiger partial charge in [-0.1, -0.05) is 44.2 Å². The predicted molar refractivity (Wildman–Crippen MR) is 91.4 cm³/mol. The number of para-hydroxylation sites is 1. The zero-order valence-corrected chi connectivity index (χ0v) is 13.8. The van der Waals surface area contributed by atoms with E-state index < -0.39 is 0 Å². The molecule has 2 rings (SSSR count). The van der Waals surface area contributed by atoms with Crippen molar-refractivity contribution in [3.8, 4) is 11.1 Å². The van der Waals surface area contributed by atoms with Crippen molar-refractivity contribution in [1.82, 2.24) is 0 Å². The van der Waals surface area contributed by atoms with Crippen LogP contribution in [0.15, 0.2) is 42.5 Å². The summed E-state index contributed by atoms with van der Waals surface area (Å²) < 4.78 is 4.83. The first-order chi connectivity index (χ1) is 10.9. The van der Waals surface area contributed by atoms with Crippen LogP contribution in [0.25, 0.3) is 11.1 Å². The smallest absolute Gasteiger partial charge is 0.338 e. The number of hydrogen-bond acceptors (Lipinski definition) is 3. The Morgan fingerprint density at radius 2 is 1.78 bits per heavy atom. The van der Waals surface area contributed by atoms with Crippen LogP contribution in [0.3, 0.4) is 0 Å². The molecule has 0 aliphatic heterocycles. The van der Waals surface area contributed by atoms with Gasteiger partial charge in [0.15, 0.2) is 0 Å². The number of methoxy groups -OCH3 is 1. The molecule has 120 valence electrons. The lowest BCUT2D eigenvalue weighted by Gasteiger charge is -2.14. The zero-order chi connectivity index (χ0) is 17.0. The maximum atomic E-state index is 12.0. The number of rotatable bonds is 4. The maximum absolute atomic E-state index is 12.0. The van der Waals surface area contributed by atoms with Crippen LogP contribution in [0.1, 0.15) is 29.8 Å². The Balaban J connectivity index is 2.47. The largest absolute Gasteiger partial charge is 0.465 e. The third-order valence-electron chi connectivity index (χ3n) is 3.66. The van der Waals surface area contributed by atoms with Gasteiger partial charge >= 0.3 is 5.97 Å². The fraction of sp³-hybridized carbons (Fsp3) is 0.263. The van der Waals surface area contributed by atoms with E-state index in [1.54, 1.807) is 6.07 Å². The fourth-order valence-electron chi connectivity index (χ4n) is 2.24. The average Bonchev–Trinajstić information content (AvgIpc) is 2.55.